The van der Waals surface area contributed by atoms with Gasteiger partial charge in [-0.25, -0.2) is 0 Å². The molecule has 0 N–H and O–H groups in total. The van der Waals surface area contributed by atoms with E-state index in [1.165, 1.54) is 154 Å². The molecule has 0 saturated heterocycles. The van der Waals surface area contributed by atoms with Crippen LogP contribution in [-0.2, 0) is 28.6 Å². The molecule has 0 spiro atoms. The van der Waals surface area contributed by atoms with E-state index in [4.69, 9.17) is 14.2 Å². The third-order valence-electron chi connectivity index (χ3n) is 11.0. The molecule has 0 fully saturated rings. The minimum Gasteiger partial charge on any atom is -0.462 e. The minimum absolute atomic E-state index is 0.0685. The van der Waals surface area contributed by atoms with Gasteiger partial charge in [-0.15, -0.1) is 0 Å². The standard InChI is InChI=1S/C50H94O6/c1-4-7-10-13-16-19-22-24-26-28-31-34-37-40-43-49(52)55-46-47(45-54-48(51)42-39-36-33-30-21-18-15-12-9-6-3)56-50(53)44-41-38-35-32-29-27-25-23-20-17-14-11-8-5-2/h15,18,47H,4-14,16-17,19-46H2,1-3H3/b18-15-. The number of hydrogen-bond acceptors (Lipinski definition) is 6. The molecular formula is C50H94O6. The third-order valence-corrected chi connectivity index (χ3v) is 11.0. The zero-order valence-corrected chi connectivity index (χ0v) is 37.7. The van der Waals surface area contributed by atoms with E-state index in [-0.39, 0.29) is 31.1 Å². The summed E-state index contributed by atoms with van der Waals surface area (Å²) in [5.74, 6) is -0.869. The Labute approximate surface area is 348 Å². The lowest BCUT2D eigenvalue weighted by molar-refractivity contribution is -0.167. The molecule has 56 heavy (non-hydrogen) atoms. The number of ether oxygens (including phenoxy) is 3. The van der Waals surface area contributed by atoms with Crippen molar-refractivity contribution in [1.82, 2.24) is 0 Å². The van der Waals surface area contributed by atoms with Crippen LogP contribution in [0.4, 0.5) is 0 Å². The van der Waals surface area contributed by atoms with Crippen LogP contribution in [0.25, 0.3) is 0 Å². The molecular weight excluding hydrogens is 697 g/mol. The molecule has 1 unspecified atom stereocenters. The van der Waals surface area contributed by atoms with Gasteiger partial charge in [0.05, 0.1) is 0 Å². The number of esters is 3. The molecule has 330 valence electrons. The first-order chi connectivity index (χ1) is 27.5. The second-order valence-corrected chi connectivity index (χ2v) is 16.7. The minimum atomic E-state index is -0.766. The molecule has 6 heteroatoms. The summed E-state index contributed by atoms with van der Waals surface area (Å²) < 4.78 is 16.7. The van der Waals surface area contributed by atoms with E-state index in [2.05, 4.69) is 32.9 Å². The molecule has 0 amide bonds. The molecule has 0 aliphatic rings. The van der Waals surface area contributed by atoms with Crippen molar-refractivity contribution in [3.8, 4) is 0 Å². The van der Waals surface area contributed by atoms with Crippen LogP contribution in [0, 0.1) is 0 Å². The van der Waals surface area contributed by atoms with Gasteiger partial charge < -0.3 is 14.2 Å². The van der Waals surface area contributed by atoms with Crippen molar-refractivity contribution in [3.63, 3.8) is 0 Å². The second kappa shape index (κ2) is 45.8. The lowest BCUT2D eigenvalue weighted by Gasteiger charge is -2.18. The summed E-state index contributed by atoms with van der Waals surface area (Å²) in [6.07, 6.45) is 49.1. The summed E-state index contributed by atoms with van der Waals surface area (Å²) in [6, 6.07) is 0. The summed E-state index contributed by atoms with van der Waals surface area (Å²) >= 11 is 0. The van der Waals surface area contributed by atoms with Gasteiger partial charge in [-0.1, -0.05) is 226 Å². The average molecular weight is 791 g/mol. The zero-order valence-electron chi connectivity index (χ0n) is 37.7. The quantitative estimate of drug-likeness (QED) is 0.0264. The molecule has 0 aliphatic heterocycles. The normalized spacial score (nSPS) is 12.0. The van der Waals surface area contributed by atoms with E-state index in [9.17, 15) is 14.4 Å². The topological polar surface area (TPSA) is 78.9 Å². The van der Waals surface area contributed by atoms with Crippen molar-refractivity contribution in [1.29, 1.82) is 0 Å². The summed E-state index contributed by atoms with van der Waals surface area (Å²) in [5, 5.41) is 0. The molecule has 0 rings (SSSR count). The molecule has 0 aromatic carbocycles. The number of allylic oxidation sites excluding steroid dienone is 2. The molecule has 0 radical (unpaired) electrons. The van der Waals surface area contributed by atoms with Gasteiger partial charge in [-0.3, -0.25) is 14.4 Å². The van der Waals surface area contributed by atoms with Crippen LogP contribution in [-0.4, -0.2) is 37.2 Å². The smallest absolute Gasteiger partial charge is 0.306 e. The maximum atomic E-state index is 12.7. The highest BCUT2D eigenvalue weighted by Gasteiger charge is 2.19. The fourth-order valence-corrected chi connectivity index (χ4v) is 7.25. The number of carbonyl (C=O) groups is 3. The van der Waals surface area contributed by atoms with E-state index in [1.807, 2.05) is 0 Å². The van der Waals surface area contributed by atoms with Gasteiger partial charge in [0.25, 0.3) is 0 Å². The third kappa shape index (κ3) is 43.3. The number of unbranched alkanes of at least 4 members (excludes halogenated alkanes) is 32. The molecule has 0 aromatic rings. The highest BCUT2D eigenvalue weighted by Crippen LogP contribution is 2.16. The Hall–Kier alpha value is -1.85. The molecule has 0 heterocycles. The Balaban J connectivity index is 4.32. The monoisotopic (exact) mass is 791 g/mol. The van der Waals surface area contributed by atoms with E-state index >= 15 is 0 Å². The van der Waals surface area contributed by atoms with Crippen molar-refractivity contribution < 1.29 is 28.6 Å². The zero-order chi connectivity index (χ0) is 40.8. The molecule has 0 saturated carbocycles. The maximum absolute atomic E-state index is 12.7. The van der Waals surface area contributed by atoms with Gasteiger partial charge in [0.15, 0.2) is 6.10 Å². The first kappa shape index (κ1) is 54.2. The van der Waals surface area contributed by atoms with Crippen molar-refractivity contribution in [2.45, 2.75) is 277 Å². The summed E-state index contributed by atoms with van der Waals surface area (Å²) in [7, 11) is 0. The van der Waals surface area contributed by atoms with E-state index in [1.54, 1.807) is 0 Å². The van der Waals surface area contributed by atoms with Gasteiger partial charge in [0, 0.05) is 19.3 Å². The number of hydrogen-bond donors (Lipinski definition) is 0. The van der Waals surface area contributed by atoms with E-state index in [0.717, 1.165) is 77.0 Å². The van der Waals surface area contributed by atoms with Gasteiger partial charge in [0.1, 0.15) is 13.2 Å². The van der Waals surface area contributed by atoms with E-state index < -0.39 is 6.10 Å². The molecule has 1 atom stereocenters. The van der Waals surface area contributed by atoms with Crippen LogP contribution in [0.5, 0.6) is 0 Å². The Kier molecular flexibility index (Phi) is 44.3. The van der Waals surface area contributed by atoms with Crippen molar-refractivity contribution in [3.05, 3.63) is 12.2 Å². The summed E-state index contributed by atoms with van der Waals surface area (Å²) in [5.41, 5.74) is 0. The number of rotatable bonds is 45. The Morgan fingerprint density at radius 3 is 0.946 bits per heavy atom. The molecule has 0 bridgehead atoms. The lowest BCUT2D eigenvalue weighted by atomic mass is 10.0. The Morgan fingerprint density at radius 1 is 0.339 bits per heavy atom. The largest absolute Gasteiger partial charge is 0.462 e. The van der Waals surface area contributed by atoms with Crippen LogP contribution < -0.4 is 0 Å². The average Bonchev–Trinajstić information content (AvgIpc) is 3.19. The fraction of sp³-hybridized carbons (Fsp3) is 0.900. The highest BCUT2D eigenvalue weighted by molar-refractivity contribution is 5.71. The molecule has 0 aromatic heterocycles. The molecule has 6 nitrogen and oxygen atoms in total. The second-order valence-electron chi connectivity index (χ2n) is 16.7. The maximum Gasteiger partial charge on any atom is 0.306 e. The Bertz CT molecular complexity index is 870. The van der Waals surface area contributed by atoms with Gasteiger partial charge >= 0.3 is 17.9 Å². The van der Waals surface area contributed by atoms with E-state index in [0.29, 0.717) is 19.3 Å². The van der Waals surface area contributed by atoms with Crippen LogP contribution in [0.15, 0.2) is 12.2 Å². The first-order valence-corrected chi connectivity index (χ1v) is 24.7. The van der Waals surface area contributed by atoms with Gasteiger partial charge in [-0.2, -0.15) is 0 Å². The molecule has 0 aliphatic carbocycles. The van der Waals surface area contributed by atoms with Crippen molar-refractivity contribution >= 4 is 17.9 Å². The van der Waals surface area contributed by atoms with Gasteiger partial charge in [0.2, 0.25) is 0 Å². The van der Waals surface area contributed by atoms with Crippen LogP contribution >= 0.6 is 0 Å². The predicted octanol–water partition coefficient (Wildman–Crippen LogP) is 15.8. The van der Waals surface area contributed by atoms with Gasteiger partial charge in [-0.05, 0) is 38.5 Å². The highest BCUT2D eigenvalue weighted by atomic mass is 16.6. The summed E-state index contributed by atoms with van der Waals surface area (Å²) in [6.45, 7) is 6.61. The number of carbonyl (C=O) groups excluding carboxylic acids is 3. The SMILES string of the molecule is CCCC/C=C\CCCCCCC(=O)OCC(COC(=O)CCCCCCCCCCCCCCCC)OC(=O)CCCCCCCCCCCCCCCC. The van der Waals surface area contributed by atoms with Crippen LogP contribution in [0.3, 0.4) is 0 Å². The van der Waals surface area contributed by atoms with Crippen molar-refractivity contribution in [2.24, 2.45) is 0 Å². The van der Waals surface area contributed by atoms with Crippen LogP contribution in [0.1, 0.15) is 271 Å². The van der Waals surface area contributed by atoms with Crippen LogP contribution in [0.2, 0.25) is 0 Å². The Morgan fingerprint density at radius 2 is 0.607 bits per heavy atom. The van der Waals surface area contributed by atoms with Crippen molar-refractivity contribution in [2.75, 3.05) is 13.2 Å². The fourth-order valence-electron chi connectivity index (χ4n) is 7.25. The predicted molar refractivity (Wildman–Crippen MR) is 238 cm³/mol. The lowest BCUT2D eigenvalue weighted by Crippen LogP contribution is -2.30. The first-order valence-electron chi connectivity index (χ1n) is 24.7. The summed E-state index contributed by atoms with van der Waals surface area (Å²) in [4.78, 5) is 37.8.